The molecule has 123 heavy (non-hydrogen) atoms. The first-order valence-electron chi connectivity index (χ1n) is 42.1. The SMILES string of the molecule is c1ccc(-n2c3ccccc3c3cc4c(cc32)c2c3ccccc3cn2c2ccc3sc5ccccc5c3c42)cc1.c1ccc(-n2c3ccccc3c3cc4c(cc32)c2cc3c(cc2n2cc5ccccc5c42)sc2ccccc23)cc1.c1ccc(-n2c3ccccc3c3cc4c5cc6c(cc5n5cc7ccccc7c5c4cc32)sc2ccccc26)cc1. The van der Waals surface area contributed by atoms with Crippen LogP contribution in [0.25, 0.3) is 257 Å². The molecule has 0 spiro atoms. The van der Waals surface area contributed by atoms with Crippen LogP contribution < -0.4 is 0 Å². The van der Waals surface area contributed by atoms with E-state index in [0.29, 0.717) is 0 Å². The average Bonchev–Trinajstić information content (AvgIpc) is 1.56. The molecule has 0 unspecified atom stereocenters. The molecular formula is C114H66N6S3. The largest absolute Gasteiger partial charge is 0.315 e. The van der Waals surface area contributed by atoms with Gasteiger partial charge in [0.1, 0.15) is 0 Å². The molecule has 6 nitrogen and oxygen atoms in total. The van der Waals surface area contributed by atoms with Crippen molar-refractivity contribution < 1.29 is 0 Å². The van der Waals surface area contributed by atoms with Crippen molar-refractivity contribution in [1.82, 2.24) is 26.9 Å². The third kappa shape index (κ3) is 9.61. The normalized spacial score (nSPS) is 12.4. The van der Waals surface area contributed by atoms with Crippen LogP contribution in [0, 0.1) is 0 Å². The highest BCUT2D eigenvalue weighted by atomic mass is 32.1. The monoisotopic (exact) mass is 1610 g/mol. The second-order valence-corrected chi connectivity index (χ2v) is 36.2. The molecule has 0 fully saturated rings. The molecule has 12 aromatic heterocycles. The number of nitrogens with zero attached hydrogens (tertiary/aromatic N) is 6. The van der Waals surface area contributed by atoms with Crippen LogP contribution in [0.3, 0.4) is 0 Å². The maximum absolute atomic E-state index is 2.47. The number of para-hydroxylation sites is 6. The van der Waals surface area contributed by atoms with Crippen molar-refractivity contribution in [2.24, 2.45) is 0 Å². The lowest BCUT2D eigenvalue weighted by atomic mass is 9.97. The average molecular weight is 1620 g/mol. The van der Waals surface area contributed by atoms with Gasteiger partial charge in [-0.25, -0.2) is 0 Å². The highest BCUT2D eigenvalue weighted by molar-refractivity contribution is 7.26. The number of rotatable bonds is 3. The van der Waals surface area contributed by atoms with Crippen LogP contribution in [-0.2, 0) is 0 Å². The van der Waals surface area contributed by atoms with Gasteiger partial charge in [0.2, 0.25) is 0 Å². The van der Waals surface area contributed by atoms with Crippen LogP contribution >= 0.6 is 34.0 Å². The first-order chi connectivity index (χ1) is 61.0. The van der Waals surface area contributed by atoms with Gasteiger partial charge in [0.25, 0.3) is 0 Å². The highest BCUT2D eigenvalue weighted by Crippen LogP contribution is 2.50. The maximum Gasteiger partial charge on any atom is 0.0614 e. The second kappa shape index (κ2) is 25.6. The van der Waals surface area contributed by atoms with Gasteiger partial charge in [-0.1, -0.05) is 237 Å². The number of hydrogen-bond donors (Lipinski definition) is 0. The van der Waals surface area contributed by atoms with Crippen molar-refractivity contribution in [3.8, 4) is 17.1 Å². The molecule has 0 atom stereocenters. The van der Waals surface area contributed by atoms with Crippen molar-refractivity contribution in [2.45, 2.75) is 0 Å². The zero-order valence-electron chi connectivity index (χ0n) is 66.0. The topological polar surface area (TPSA) is 28.0 Å². The molecule has 12 heterocycles. The quantitative estimate of drug-likeness (QED) is 0.158. The molecule has 0 saturated carbocycles. The molecule has 30 rings (SSSR count). The highest BCUT2D eigenvalue weighted by Gasteiger charge is 2.26. The molecule has 0 aliphatic carbocycles. The van der Waals surface area contributed by atoms with E-state index in [0.717, 1.165) is 0 Å². The van der Waals surface area contributed by atoms with E-state index in [4.69, 9.17) is 0 Å². The van der Waals surface area contributed by atoms with E-state index in [1.54, 1.807) is 0 Å². The van der Waals surface area contributed by atoms with Gasteiger partial charge in [0.05, 0.1) is 66.2 Å². The van der Waals surface area contributed by atoms with E-state index in [-0.39, 0.29) is 0 Å². The molecule has 0 aliphatic heterocycles. The lowest BCUT2D eigenvalue weighted by Gasteiger charge is -2.13. The number of pyridine rings is 3. The maximum atomic E-state index is 2.47. The Labute approximate surface area is 713 Å². The van der Waals surface area contributed by atoms with E-state index in [1.165, 1.54) is 257 Å². The summed E-state index contributed by atoms with van der Waals surface area (Å²) in [6.07, 6.45) is 6.97. The summed E-state index contributed by atoms with van der Waals surface area (Å²) in [7, 11) is 0. The molecule has 0 saturated heterocycles. The van der Waals surface area contributed by atoms with Crippen molar-refractivity contribution in [2.75, 3.05) is 0 Å². The fourth-order valence-corrected chi connectivity index (χ4v) is 24.7. The molecule has 0 radical (unpaired) electrons. The van der Waals surface area contributed by atoms with E-state index >= 15 is 0 Å². The molecule has 0 bridgehead atoms. The number of aromatic nitrogens is 6. The van der Waals surface area contributed by atoms with Crippen molar-refractivity contribution in [3.63, 3.8) is 0 Å². The summed E-state index contributed by atoms with van der Waals surface area (Å²) in [4.78, 5) is 0. The molecule has 0 aliphatic rings. The van der Waals surface area contributed by atoms with E-state index in [1.807, 2.05) is 34.0 Å². The summed E-state index contributed by atoms with van der Waals surface area (Å²) >= 11 is 5.66. The number of thiophene rings is 3. The van der Waals surface area contributed by atoms with Crippen LogP contribution in [-0.4, -0.2) is 26.9 Å². The first kappa shape index (κ1) is 67.5. The third-order valence-corrected chi connectivity index (χ3v) is 30.0. The van der Waals surface area contributed by atoms with E-state index < -0.39 is 0 Å². The Kier molecular flexibility index (Phi) is 14.1. The second-order valence-electron chi connectivity index (χ2n) is 33.0. The molecule has 9 heteroatoms. The summed E-state index contributed by atoms with van der Waals surface area (Å²) in [6.45, 7) is 0. The van der Waals surface area contributed by atoms with Gasteiger partial charge < -0.3 is 26.9 Å². The minimum absolute atomic E-state index is 1.18. The Morgan fingerprint density at radius 1 is 0.146 bits per heavy atom. The van der Waals surface area contributed by atoms with Gasteiger partial charge >= 0.3 is 0 Å². The Hall–Kier alpha value is -15.4. The zero-order valence-corrected chi connectivity index (χ0v) is 68.5. The molecule has 0 N–H and O–H groups in total. The van der Waals surface area contributed by atoms with Crippen LogP contribution in [0.5, 0.6) is 0 Å². The Bertz CT molecular complexity index is 9850. The van der Waals surface area contributed by atoms with Gasteiger partial charge in [0.15, 0.2) is 0 Å². The Balaban J connectivity index is 0.0000000946. The first-order valence-corrected chi connectivity index (χ1v) is 44.5. The summed E-state index contributed by atoms with van der Waals surface area (Å²) in [5.74, 6) is 0. The predicted octanol–water partition coefficient (Wildman–Crippen LogP) is 32.6. The Morgan fingerprint density at radius 3 is 0.894 bits per heavy atom. The fourth-order valence-electron chi connectivity index (χ4n) is 21.4. The number of benzene rings is 18. The molecule has 570 valence electrons. The van der Waals surface area contributed by atoms with Gasteiger partial charge in [0, 0.05) is 193 Å². The molecule has 30 aromatic rings. The fraction of sp³-hybridized carbons (Fsp3) is 0. The van der Waals surface area contributed by atoms with E-state index in [2.05, 4.69) is 428 Å². The van der Waals surface area contributed by atoms with Crippen molar-refractivity contribution in [1.29, 1.82) is 0 Å². The standard InChI is InChI=1S/3C38H22N2S/c1-2-11-24(12-3-1)40-33-16-8-6-14-26(33)29-19-32-28(20-35(29)40)30-18-31-27-15-7-9-17-36(27)41-37(31)21-34(30)39-22-23-10-4-5-13-25(23)38(32)39;1-2-11-24(12-3-1)40-33-16-8-6-14-26(33)29-18-28-30-19-31-27-15-7-9-17-36(27)41-37(31)21-34(30)39-22-23-10-4-5-13-25(23)38(39)32(28)20-35(29)40;1-2-11-24(12-3-1)40-31-16-8-6-14-26(31)28-20-29-30(21-33(28)40)38-25-13-5-4-10-23(25)22-39(38)32-18-19-35-37(36(29)32)27-15-7-9-17-34(27)41-35/h3*1-22H. The van der Waals surface area contributed by atoms with Crippen molar-refractivity contribution in [3.05, 3.63) is 401 Å². The van der Waals surface area contributed by atoms with Gasteiger partial charge in [-0.15, -0.1) is 34.0 Å². The lowest BCUT2D eigenvalue weighted by molar-refractivity contribution is 1.18. The number of fused-ring (bicyclic) bond motifs is 43. The minimum atomic E-state index is 1.18. The van der Waals surface area contributed by atoms with E-state index in [9.17, 15) is 0 Å². The minimum Gasteiger partial charge on any atom is -0.315 e. The van der Waals surface area contributed by atoms with Crippen molar-refractivity contribution >= 4 is 274 Å². The van der Waals surface area contributed by atoms with Crippen LogP contribution in [0.15, 0.2) is 401 Å². The van der Waals surface area contributed by atoms with Crippen LogP contribution in [0.1, 0.15) is 0 Å². The molecular weight excluding hydrogens is 1550 g/mol. The smallest absolute Gasteiger partial charge is 0.0614 e. The number of hydrogen-bond acceptors (Lipinski definition) is 3. The summed E-state index contributed by atoms with van der Waals surface area (Å²) in [5, 5.41) is 35.1. The van der Waals surface area contributed by atoms with Crippen LogP contribution in [0.2, 0.25) is 0 Å². The predicted molar refractivity (Wildman–Crippen MR) is 531 cm³/mol. The zero-order chi connectivity index (χ0) is 80.0. The summed E-state index contributed by atoms with van der Waals surface area (Å²) in [5.41, 5.74) is 18.5. The van der Waals surface area contributed by atoms with Gasteiger partial charge in [-0.2, -0.15) is 0 Å². The molecule has 18 aromatic carbocycles. The molecule has 0 amide bonds. The summed E-state index contributed by atoms with van der Waals surface area (Å²) < 4.78 is 22.6. The van der Waals surface area contributed by atoms with Gasteiger partial charge in [-0.05, 0) is 162 Å². The third-order valence-electron chi connectivity index (χ3n) is 26.6. The van der Waals surface area contributed by atoms with Gasteiger partial charge in [-0.3, -0.25) is 0 Å². The lowest BCUT2D eigenvalue weighted by Crippen LogP contribution is -1.94. The summed E-state index contributed by atoms with van der Waals surface area (Å²) in [6, 6.07) is 141. The Morgan fingerprint density at radius 2 is 0.447 bits per heavy atom. The van der Waals surface area contributed by atoms with Crippen LogP contribution in [0.4, 0.5) is 0 Å².